The van der Waals surface area contributed by atoms with Crippen LogP contribution in [0, 0.1) is 0 Å². The van der Waals surface area contributed by atoms with Gasteiger partial charge in [0, 0.05) is 13.0 Å². The largest absolute Gasteiger partial charge is 0.508 e. The highest BCUT2D eigenvalue weighted by atomic mass is 16.4. The number of phenolic OH excluding ortho intramolecular Hbond substituents is 1. The Morgan fingerprint density at radius 1 is 1.21 bits per heavy atom. The molecule has 0 saturated carbocycles. The Kier molecular flexibility index (Phi) is 7.50. The summed E-state index contributed by atoms with van der Waals surface area (Å²) in [6, 6.07) is 4.78. The summed E-state index contributed by atoms with van der Waals surface area (Å²) in [5.74, 6) is -2.00. The Morgan fingerprint density at radius 3 is 2.38 bits per heavy atom. The molecule has 9 nitrogen and oxygen atoms in total. The van der Waals surface area contributed by atoms with Crippen molar-refractivity contribution in [3.63, 3.8) is 0 Å². The molecule has 0 radical (unpaired) electrons. The van der Waals surface area contributed by atoms with Crippen molar-refractivity contribution >= 4 is 17.8 Å². The smallest absolute Gasteiger partial charge is 0.326 e. The molecule has 0 fully saturated rings. The summed E-state index contributed by atoms with van der Waals surface area (Å²) in [6.07, 6.45) is -0.834. The lowest BCUT2D eigenvalue weighted by Gasteiger charge is -2.17. The van der Waals surface area contributed by atoms with E-state index in [1.165, 1.54) is 12.1 Å². The summed E-state index contributed by atoms with van der Waals surface area (Å²) >= 11 is 0. The van der Waals surface area contributed by atoms with Crippen molar-refractivity contribution in [3.8, 4) is 5.75 Å². The van der Waals surface area contributed by atoms with Crippen molar-refractivity contribution in [3.05, 3.63) is 29.8 Å². The van der Waals surface area contributed by atoms with Gasteiger partial charge < -0.3 is 32.1 Å². The van der Waals surface area contributed by atoms with Crippen LogP contribution in [-0.2, 0) is 16.0 Å². The van der Waals surface area contributed by atoms with Crippen molar-refractivity contribution in [1.82, 2.24) is 5.32 Å². The molecule has 9 heteroatoms. The number of nitrogens with one attached hydrogen (secondary N) is 1. The molecule has 0 spiro atoms. The normalized spacial score (nSPS) is 12.9. The standard InChI is InChI=1S/C15H22N4O5/c16-15(17)18-7-1-2-12(21)13(22)19-11(14(23)24)8-9-3-5-10(20)6-4-9/h3-6,11-12,20-21H,1-2,7-8H2,(H,19,22)(H,23,24)(H4,16,17,18)/t11-,12-/m0/s1. The second-order valence-electron chi connectivity index (χ2n) is 5.23. The molecular weight excluding hydrogens is 316 g/mol. The van der Waals surface area contributed by atoms with E-state index >= 15 is 0 Å². The first kappa shape index (κ1) is 19.2. The monoisotopic (exact) mass is 338 g/mol. The number of hydrogen-bond acceptors (Lipinski definition) is 5. The van der Waals surface area contributed by atoms with Gasteiger partial charge in [-0.15, -0.1) is 0 Å². The Balaban J connectivity index is 2.54. The maximum absolute atomic E-state index is 11.9. The Hall–Kier alpha value is -2.81. The molecule has 1 aromatic rings. The minimum Gasteiger partial charge on any atom is -0.508 e. The number of aliphatic hydroxyl groups excluding tert-OH is 1. The van der Waals surface area contributed by atoms with Crippen LogP contribution in [-0.4, -0.2) is 51.8 Å². The summed E-state index contributed by atoms with van der Waals surface area (Å²) < 4.78 is 0. The fourth-order valence-electron chi connectivity index (χ4n) is 1.96. The van der Waals surface area contributed by atoms with E-state index in [9.17, 15) is 24.9 Å². The number of nitrogens with zero attached hydrogens (tertiary/aromatic N) is 1. The van der Waals surface area contributed by atoms with Crippen LogP contribution < -0.4 is 16.8 Å². The van der Waals surface area contributed by atoms with E-state index in [1.54, 1.807) is 12.1 Å². The van der Waals surface area contributed by atoms with Crippen molar-refractivity contribution in [2.24, 2.45) is 16.5 Å². The zero-order valence-corrected chi connectivity index (χ0v) is 13.1. The number of rotatable bonds is 9. The van der Waals surface area contributed by atoms with Crippen LogP contribution in [0.3, 0.4) is 0 Å². The highest BCUT2D eigenvalue weighted by Gasteiger charge is 2.24. The Bertz CT molecular complexity index is 584. The number of carboxylic acid groups (broad SMARTS) is 1. The summed E-state index contributed by atoms with van der Waals surface area (Å²) in [5, 5.41) is 30.5. The Labute approximate surface area is 139 Å². The molecule has 1 aromatic carbocycles. The van der Waals surface area contributed by atoms with Crippen molar-refractivity contribution in [2.45, 2.75) is 31.4 Å². The average molecular weight is 338 g/mol. The van der Waals surface area contributed by atoms with Crippen LogP contribution in [0.5, 0.6) is 5.75 Å². The minimum atomic E-state index is -1.35. The van der Waals surface area contributed by atoms with Crippen LogP contribution in [0.25, 0.3) is 0 Å². The molecule has 2 atom stereocenters. The third kappa shape index (κ3) is 6.97. The van der Waals surface area contributed by atoms with E-state index in [4.69, 9.17) is 11.5 Å². The first-order valence-corrected chi connectivity index (χ1v) is 7.34. The first-order valence-electron chi connectivity index (χ1n) is 7.34. The van der Waals surface area contributed by atoms with Gasteiger partial charge in [0.05, 0.1) is 0 Å². The zero-order valence-electron chi connectivity index (χ0n) is 13.1. The second kappa shape index (κ2) is 9.36. The van der Waals surface area contributed by atoms with E-state index in [0.29, 0.717) is 12.0 Å². The number of guanidine groups is 1. The first-order chi connectivity index (χ1) is 11.3. The number of carboxylic acids is 1. The van der Waals surface area contributed by atoms with Gasteiger partial charge in [-0.2, -0.15) is 0 Å². The van der Waals surface area contributed by atoms with E-state index < -0.39 is 24.0 Å². The molecule has 0 aromatic heterocycles. The number of benzene rings is 1. The predicted octanol–water partition coefficient (Wildman–Crippen LogP) is -1.08. The number of carbonyl (C=O) groups is 2. The molecule has 132 valence electrons. The second-order valence-corrected chi connectivity index (χ2v) is 5.23. The molecule has 1 rings (SSSR count). The maximum atomic E-state index is 11.9. The topological polar surface area (TPSA) is 171 Å². The molecule has 0 unspecified atom stereocenters. The number of nitrogens with two attached hydrogens (primary N) is 2. The van der Waals surface area contributed by atoms with E-state index in [1.807, 2.05) is 0 Å². The number of amides is 1. The molecular formula is C15H22N4O5. The fraction of sp³-hybridized carbons (Fsp3) is 0.400. The fourth-order valence-corrected chi connectivity index (χ4v) is 1.96. The minimum absolute atomic E-state index is 0.0298. The quantitative estimate of drug-likeness (QED) is 0.189. The highest BCUT2D eigenvalue weighted by Crippen LogP contribution is 2.11. The molecule has 8 N–H and O–H groups in total. The lowest BCUT2D eigenvalue weighted by Crippen LogP contribution is -2.46. The lowest BCUT2D eigenvalue weighted by atomic mass is 10.1. The van der Waals surface area contributed by atoms with Gasteiger partial charge in [-0.05, 0) is 30.5 Å². The zero-order chi connectivity index (χ0) is 18.1. The van der Waals surface area contributed by atoms with Crippen LogP contribution in [0.15, 0.2) is 29.3 Å². The summed E-state index contributed by atoms with van der Waals surface area (Å²) in [6.45, 7) is 0.266. The van der Waals surface area contributed by atoms with Gasteiger partial charge in [0.25, 0.3) is 0 Å². The lowest BCUT2D eigenvalue weighted by molar-refractivity contribution is -0.143. The van der Waals surface area contributed by atoms with E-state index in [0.717, 1.165) is 0 Å². The van der Waals surface area contributed by atoms with Gasteiger partial charge in [-0.3, -0.25) is 9.79 Å². The molecule has 0 aliphatic rings. The summed E-state index contributed by atoms with van der Waals surface area (Å²) in [7, 11) is 0. The van der Waals surface area contributed by atoms with Crippen molar-refractivity contribution in [2.75, 3.05) is 6.54 Å². The number of aromatic hydroxyl groups is 1. The van der Waals surface area contributed by atoms with Gasteiger partial charge in [-0.1, -0.05) is 12.1 Å². The van der Waals surface area contributed by atoms with Crippen molar-refractivity contribution in [1.29, 1.82) is 0 Å². The third-order valence-electron chi connectivity index (χ3n) is 3.22. The molecule has 0 bridgehead atoms. The molecule has 1 amide bonds. The predicted molar refractivity (Wildman–Crippen MR) is 87.3 cm³/mol. The maximum Gasteiger partial charge on any atom is 0.326 e. The molecule has 0 saturated heterocycles. The number of aliphatic carboxylic acids is 1. The van der Waals surface area contributed by atoms with Crippen LogP contribution >= 0.6 is 0 Å². The number of aliphatic hydroxyl groups is 1. The number of hydrogen-bond donors (Lipinski definition) is 6. The van der Waals surface area contributed by atoms with Crippen LogP contribution in [0.4, 0.5) is 0 Å². The van der Waals surface area contributed by atoms with Crippen LogP contribution in [0.2, 0.25) is 0 Å². The number of phenols is 1. The molecule has 24 heavy (non-hydrogen) atoms. The van der Waals surface area contributed by atoms with E-state index in [2.05, 4.69) is 10.3 Å². The van der Waals surface area contributed by atoms with Gasteiger partial charge in [0.2, 0.25) is 5.91 Å². The average Bonchev–Trinajstić information content (AvgIpc) is 2.52. The third-order valence-corrected chi connectivity index (χ3v) is 3.22. The van der Waals surface area contributed by atoms with Crippen LogP contribution in [0.1, 0.15) is 18.4 Å². The van der Waals surface area contributed by atoms with Gasteiger partial charge >= 0.3 is 5.97 Å². The SMILES string of the molecule is NC(N)=NCCC[C@H](O)C(=O)N[C@@H](Cc1ccc(O)cc1)C(=O)O. The summed E-state index contributed by atoms with van der Waals surface area (Å²) in [5.41, 5.74) is 10.9. The number of carbonyl (C=O) groups excluding carboxylic acids is 1. The molecule has 0 aliphatic heterocycles. The van der Waals surface area contributed by atoms with Gasteiger partial charge in [0.15, 0.2) is 5.96 Å². The molecule has 0 aliphatic carbocycles. The highest BCUT2D eigenvalue weighted by molar-refractivity contribution is 5.86. The van der Waals surface area contributed by atoms with Gasteiger partial charge in [0.1, 0.15) is 17.9 Å². The van der Waals surface area contributed by atoms with E-state index in [-0.39, 0.29) is 31.1 Å². The number of aliphatic imine (C=N–C) groups is 1. The Morgan fingerprint density at radius 2 is 1.83 bits per heavy atom. The van der Waals surface area contributed by atoms with Gasteiger partial charge in [-0.25, -0.2) is 4.79 Å². The molecule has 0 heterocycles. The van der Waals surface area contributed by atoms with Crippen molar-refractivity contribution < 1.29 is 24.9 Å². The summed E-state index contributed by atoms with van der Waals surface area (Å²) in [4.78, 5) is 26.9.